The number of amides is 4. The Kier molecular flexibility index (Phi) is 25.4. The van der Waals surface area contributed by atoms with Crippen LogP contribution < -0.4 is 24.7 Å². The van der Waals surface area contributed by atoms with Gasteiger partial charge in [-0.2, -0.15) is 0 Å². The van der Waals surface area contributed by atoms with E-state index in [4.69, 9.17) is 18.9 Å². The second kappa shape index (κ2) is 32.3. The molecule has 10 aromatic rings. The normalized spacial score (nSPS) is 14.0. The molecule has 4 amide bonds. The van der Waals surface area contributed by atoms with E-state index in [1.807, 2.05) is 29.6 Å². The van der Waals surface area contributed by atoms with Crippen LogP contribution in [0.1, 0.15) is 182 Å². The van der Waals surface area contributed by atoms with Gasteiger partial charge >= 0.3 is 185 Å². The Labute approximate surface area is 617 Å². The molecule has 0 bridgehead atoms. The molecular formula is C76H94Br2N2O8S6Sn2. The molecule has 0 aliphatic carbocycles. The van der Waals surface area contributed by atoms with E-state index < -0.39 is 36.8 Å². The maximum atomic E-state index is 14.0. The number of benzene rings is 4. The Morgan fingerprint density at radius 1 is 0.406 bits per heavy atom. The average Bonchev–Trinajstić information content (AvgIpc) is 1.14. The van der Waals surface area contributed by atoms with Crippen LogP contribution in [-0.4, -0.2) is 112 Å². The number of unbranched alkanes of at least 4 members (excludes halogenated alkanes) is 8. The number of ether oxygens (including phenoxy) is 4. The first-order valence-electron chi connectivity index (χ1n) is 34.3. The van der Waals surface area contributed by atoms with Crippen LogP contribution in [0.15, 0.2) is 56.1 Å². The molecule has 0 saturated heterocycles. The third-order valence-electron chi connectivity index (χ3n) is 18.8. The zero-order valence-corrected chi connectivity index (χ0v) is 72.6. The van der Waals surface area contributed by atoms with Gasteiger partial charge in [-0.1, -0.05) is 105 Å². The Morgan fingerprint density at radius 2 is 0.760 bits per heavy atom. The van der Waals surface area contributed by atoms with E-state index in [-0.39, 0.29) is 23.6 Å². The van der Waals surface area contributed by atoms with E-state index in [1.54, 1.807) is 73.1 Å². The molecule has 2 aliphatic heterocycles. The number of carbonyl (C=O) groups is 4. The van der Waals surface area contributed by atoms with Crippen molar-refractivity contribution >= 4 is 228 Å². The Balaban J connectivity index is 0.000000167. The number of nitrogens with zero attached hydrogens (tertiary/aromatic N) is 2. The summed E-state index contributed by atoms with van der Waals surface area (Å²) < 4.78 is 33.4. The summed E-state index contributed by atoms with van der Waals surface area (Å²) in [6.45, 7) is 14.0. The van der Waals surface area contributed by atoms with Crippen molar-refractivity contribution in [1.29, 1.82) is 0 Å². The van der Waals surface area contributed by atoms with Gasteiger partial charge in [-0.3, -0.25) is 29.0 Å². The number of imide groups is 2. The van der Waals surface area contributed by atoms with E-state index in [9.17, 15) is 19.2 Å². The number of rotatable bonds is 27. The summed E-state index contributed by atoms with van der Waals surface area (Å²) in [6, 6.07) is 18.2. The van der Waals surface area contributed by atoms with Gasteiger partial charge < -0.3 is 9.47 Å². The molecule has 0 radical (unpaired) electrons. The van der Waals surface area contributed by atoms with E-state index in [2.05, 4.69) is 145 Å². The number of carbonyl (C=O) groups excluding carboxylic acids is 4. The number of hydrogen-bond acceptors (Lipinski definition) is 14. The molecule has 2 unspecified atom stereocenters. The Hall–Kier alpha value is -3.32. The molecule has 4 aromatic carbocycles. The summed E-state index contributed by atoms with van der Waals surface area (Å²) in [5.41, 5.74) is 2.26. The van der Waals surface area contributed by atoms with Crippen molar-refractivity contribution in [2.24, 2.45) is 11.8 Å². The van der Waals surface area contributed by atoms with Gasteiger partial charge in [-0.15, -0.1) is 45.3 Å². The summed E-state index contributed by atoms with van der Waals surface area (Å²) in [7, 11) is 7.04. The Morgan fingerprint density at radius 3 is 1.16 bits per heavy atom. The summed E-state index contributed by atoms with van der Waals surface area (Å²) >= 11 is 12.8. The second-order valence-corrected chi connectivity index (χ2v) is 68.1. The van der Waals surface area contributed by atoms with E-state index in [0.717, 1.165) is 134 Å². The fraction of sp³-hybridized carbons (Fsp3) is 0.474. The summed E-state index contributed by atoms with van der Waals surface area (Å²) in [4.78, 5) is 75.0. The quantitative estimate of drug-likeness (QED) is 0.0284. The van der Waals surface area contributed by atoms with E-state index >= 15 is 0 Å². The van der Waals surface area contributed by atoms with Gasteiger partial charge in [-0.05, 0) is 118 Å². The van der Waals surface area contributed by atoms with Crippen molar-refractivity contribution in [1.82, 2.24) is 9.80 Å². The minimum atomic E-state index is -2.14. The van der Waals surface area contributed by atoms with Gasteiger partial charge in [0, 0.05) is 38.5 Å². The molecule has 8 heterocycles. The van der Waals surface area contributed by atoms with Crippen LogP contribution in [0.4, 0.5) is 0 Å². The van der Waals surface area contributed by atoms with Gasteiger partial charge in [0.15, 0.2) is 0 Å². The van der Waals surface area contributed by atoms with Crippen molar-refractivity contribution in [3.05, 3.63) is 88.1 Å². The number of methoxy groups -OCH3 is 4. The monoisotopic (exact) mass is 1750 g/mol. The van der Waals surface area contributed by atoms with Crippen LogP contribution in [0, 0.1) is 25.7 Å². The second-order valence-electron chi connectivity index (χ2n) is 28.0. The van der Waals surface area contributed by atoms with Crippen LogP contribution in [-0.2, 0) is 0 Å². The molecule has 0 spiro atoms. The summed E-state index contributed by atoms with van der Waals surface area (Å²) in [5, 5.41) is 9.14. The van der Waals surface area contributed by atoms with Crippen LogP contribution in [0.3, 0.4) is 0 Å². The van der Waals surface area contributed by atoms with Crippen molar-refractivity contribution in [2.75, 3.05) is 41.5 Å². The molecule has 6 aromatic heterocycles. The van der Waals surface area contributed by atoms with Crippen molar-refractivity contribution in [3.63, 3.8) is 0 Å². The zero-order chi connectivity index (χ0) is 69.2. The molecule has 12 rings (SSSR count). The molecule has 0 N–H and O–H groups in total. The first-order valence-corrected chi connectivity index (χ1v) is 60.7. The summed E-state index contributed by atoms with van der Waals surface area (Å²) in [5.74, 6) is 3.92. The number of hydrogen-bond donors (Lipinski definition) is 0. The van der Waals surface area contributed by atoms with Gasteiger partial charge in [-0.25, -0.2) is 0 Å². The average molecular weight is 1750 g/mol. The number of halogens is 2. The predicted molar refractivity (Wildman–Crippen MR) is 428 cm³/mol. The first-order chi connectivity index (χ1) is 45.8. The van der Waals surface area contributed by atoms with Gasteiger partial charge in [0.25, 0.3) is 23.6 Å². The van der Waals surface area contributed by atoms with Crippen molar-refractivity contribution < 1.29 is 38.1 Å². The van der Waals surface area contributed by atoms with Crippen LogP contribution in [0.2, 0.25) is 29.6 Å². The fourth-order valence-corrected chi connectivity index (χ4v) is 33.0. The van der Waals surface area contributed by atoms with Crippen LogP contribution >= 0.6 is 99.9 Å². The zero-order valence-electron chi connectivity index (χ0n) is 58.9. The van der Waals surface area contributed by atoms with E-state index in [0.29, 0.717) is 47.2 Å². The fourth-order valence-electron chi connectivity index (χ4n) is 13.6. The topological polar surface area (TPSA) is 112 Å². The molecule has 2 atom stereocenters. The molecule has 514 valence electrons. The van der Waals surface area contributed by atoms with Crippen molar-refractivity contribution in [3.8, 4) is 32.8 Å². The van der Waals surface area contributed by atoms with Crippen molar-refractivity contribution in [2.45, 2.75) is 174 Å². The summed E-state index contributed by atoms with van der Waals surface area (Å²) in [6.07, 6.45) is 18.6. The molecule has 2 aliphatic rings. The molecule has 0 saturated carbocycles. The molecular weight excluding hydrogens is 1660 g/mol. The van der Waals surface area contributed by atoms with E-state index in [1.165, 1.54) is 97.0 Å². The number of aryl methyl sites for hydroxylation is 2. The van der Waals surface area contributed by atoms with Crippen LogP contribution in [0.5, 0.6) is 23.0 Å². The third-order valence-corrected chi connectivity index (χ3v) is 45.9. The first kappa shape index (κ1) is 75.3. The molecule has 96 heavy (non-hydrogen) atoms. The number of fused-ring (bicyclic) bond motifs is 8. The Bertz CT molecular complexity index is 4410. The molecule has 0 fully saturated rings. The van der Waals surface area contributed by atoms with Gasteiger partial charge in [0.05, 0.1) is 58.3 Å². The van der Waals surface area contributed by atoms with Gasteiger partial charge in [0.1, 0.15) is 11.5 Å². The number of thiophene rings is 6. The standard InChI is InChI=1S/C36H41NO4S3.C18H25Br2NO2S.C16H10O2S2.6CH3.2Sn/c1-7-9-11-12-14-22(13-10-8-2)19-37-35(38)28-21(4)43-34(29(28)36(37)39)27-18-24-17-26-25(31(41-6)33(24)44-27)16-23-15-20(3)42-32(23)30(26)40-5;1-3-5-7-8-10-12(9-6-4-2)11-21-17(22)13-14(18(21)23)16(20)24-15(13)19;1-17-13-11-7-10-4-6-20-16(10)14(18-2)12(11)8-9-3-5-19-15(9)13;;;;;;;;/h15-18,22H,7-14,19H2,1-6H3;12H,3-11H2,1-2H3;3-4,7-8H,1-2H3;6*1H3;;. The van der Waals surface area contributed by atoms with Gasteiger partial charge in [0.2, 0.25) is 0 Å². The predicted octanol–water partition coefficient (Wildman–Crippen LogP) is 24.0. The van der Waals surface area contributed by atoms with Crippen LogP contribution in [0.25, 0.3) is 71.6 Å². The molecule has 10 nitrogen and oxygen atoms in total. The third kappa shape index (κ3) is 15.5. The molecule has 20 heteroatoms. The maximum absolute atomic E-state index is 14.0. The minimum absolute atomic E-state index is 0.121. The SMILES string of the molecule is CCCCCCC(CCCC)CN1C(=O)c2c(Br)sc(Br)c2C1=O.CCCCCCC(CCCC)CN1C(=O)c2c(C)sc(-c3cc4cc5c(OC)c6sc(C)cc6cc5c(OC)c4s3)c2C1=O.COc1c2cc3c[c]([Sn]([CH3])([CH3])[CH3])sc3c(OC)c2cc2c[c]([Sn]([CH3])([CH3])[CH3])sc12.